The third kappa shape index (κ3) is 3.23. The number of nitrogens with zero attached hydrogens (tertiary/aromatic N) is 1. The molecule has 2 amide bonds. The summed E-state index contributed by atoms with van der Waals surface area (Å²) in [6.45, 7) is 1.33. The number of rotatable bonds is 3. The lowest BCUT2D eigenvalue weighted by Gasteiger charge is -2.33. The first-order chi connectivity index (χ1) is 8.72. The highest BCUT2D eigenvalue weighted by atomic mass is 16.2. The Kier molecular flexibility index (Phi) is 4.21. The smallest absolute Gasteiger partial charge is 0.255 e. The quantitative estimate of drug-likeness (QED) is 0.548. The van der Waals surface area contributed by atoms with Gasteiger partial charge in [-0.2, -0.15) is 0 Å². The number of hydrogen-bond acceptors (Lipinski definition) is 3. The van der Waals surface area contributed by atoms with E-state index in [0.717, 1.165) is 38.6 Å². The molecule has 98 valence electrons. The maximum atomic E-state index is 12.0. The van der Waals surface area contributed by atoms with Crippen molar-refractivity contribution in [3.05, 3.63) is 0 Å². The second kappa shape index (κ2) is 5.87. The molecule has 1 saturated heterocycles. The van der Waals surface area contributed by atoms with Crippen molar-refractivity contribution in [2.75, 3.05) is 13.1 Å². The Bertz CT molecular complexity index is 371. The topological polar surface area (TPSA) is 61.4 Å². The lowest BCUT2D eigenvalue weighted by Crippen LogP contribution is -2.54. The first kappa shape index (κ1) is 12.9. The van der Waals surface area contributed by atoms with E-state index < -0.39 is 0 Å². The van der Waals surface area contributed by atoms with Gasteiger partial charge >= 0.3 is 0 Å². The molecule has 18 heavy (non-hydrogen) atoms. The van der Waals surface area contributed by atoms with Gasteiger partial charge in [-0.1, -0.05) is 12.3 Å². The largest absolute Gasteiger partial charge is 0.281 e. The molecule has 5 nitrogen and oxygen atoms in total. The number of piperidine rings is 1. The van der Waals surface area contributed by atoms with Crippen LogP contribution in [-0.4, -0.2) is 35.8 Å². The lowest BCUT2D eigenvalue weighted by atomic mass is 10.0. The van der Waals surface area contributed by atoms with Crippen molar-refractivity contribution in [3.63, 3.8) is 0 Å². The molecule has 0 radical (unpaired) electrons. The van der Waals surface area contributed by atoms with Crippen LogP contribution in [0.5, 0.6) is 0 Å². The van der Waals surface area contributed by atoms with E-state index in [2.05, 4.69) is 16.8 Å². The molecule has 1 heterocycles. The second-order valence-electron chi connectivity index (χ2n) is 4.94. The molecule has 1 saturated carbocycles. The van der Waals surface area contributed by atoms with Gasteiger partial charge in [0.25, 0.3) is 5.91 Å². The number of hydrogen-bond donors (Lipinski definition) is 2. The van der Waals surface area contributed by atoms with Gasteiger partial charge in [-0.15, -0.1) is 6.42 Å². The molecule has 0 aromatic heterocycles. The van der Waals surface area contributed by atoms with Crippen LogP contribution in [0.15, 0.2) is 0 Å². The molecule has 2 rings (SSSR count). The number of carbonyl (C=O) groups excluding carboxylic acids is 2. The van der Waals surface area contributed by atoms with Gasteiger partial charge in [0, 0.05) is 5.92 Å². The average Bonchev–Trinajstić information content (AvgIpc) is 3.21. The Morgan fingerprint density at radius 3 is 2.56 bits per heavy atom. The second-order valence-corrected chi connectivity index (χ2v) is 4.94. The van der Waals surface area contributed by atoms with E-state index in [1.165, 1.54) is 0 Å². The molecule has 5 heteroatoms. The number of carbonyl (C=O) groups is 2. The maximum absolute atomic E-state index is 12.0. The Morgan fingerprint density at radius 2 is 1.89 bits per heavy atom. The Morgan fingerprint density at radius 1 is 1.17 bits per heavy atom. The summed E-state index contributed by atoms with van der Waals surface area (Å²) in [6, 6.07) is -0.214. The predicted octanol–water partition coefficient (Wildman–Crippen LogP) is 0.0315. The van der Waals surface area contributed by atoms with E-state index in [1.54, 1.807) is 0 Å². The van der Waals surface area contributed by atoms with E-state index >= 15 is 0 Å². The van der Waals surface area contributed by atoms with Crippen molar-refractivity contribution in [2.45, 2.75) is 38.1 Å². The number of amides is 2. The fourth-order valence-corrected chi connectivity index (χ4v) is 2.25. The SMILES string of the molecule is C#CCN1CCCC[C@H]1C(=O)NNC(=O)C1CC1. The zero-order chi connectivity index (χ0) is 13.0. The van der Waals surface area contributed by atoms with Crippen LogP contribution in [0, 0.1) is 18.3 Å². The fraction of sp³-hybridized carbons (Fsp3) is 0.692. The van der Waals surface area contributed by atoms with Crippen LogP contribution in [0.3, 0.4) is 0 Å². The summed E-state index contributed by atoms with van der Waals surface area (Å²) in [5, 5.41) is 0. The molecular formula is C13H19N3O2. The van der Waals surface area contributed by atoms with Gasteiger partial charge in [-0.3, -0.25) is 25.3 Å². The van der Waals surface area contributed by atoms with E-state index in [0.29, 0.717) is 6.54 Å². The molecule has 0 spiro atoms. The van der Waals surface area contributed by atoms with Crippen LogP contribution < -0.4 is 10.9 Å². The van der Waals surface area contributed by atoms with Gasteiger partial charge in [0.1, 0.15) is 0 Å². The normalized spacial score (nSPS) is 24.1. The minimum absolute atomic E-state index is 0.0809. The summed E-state index contributed by atoms with van der Waals surface area (Å²) in [5.41, 5.74) is 5.00. The summed E-state index contributed by atoms with van der Waals surface area (Å²) in [5.74, 6) is 2.44. The van der Waals surface area contributed by atoms with Crippen molar-refractivity contribution in [1.82, 2.24) is 15.8 Å². The molecule has 1 aliphatic heterocycles. The summed E-state index contributed by atoms with van der Waals surface area (Å²) in [4.78, 5) is 25.4. The molecular weight excluding hydrogens is 230 g/mol. The molecule has 2 aliphatic rings. The van der Waals surface area contributed by atoms with Crippen molar-refractivity contribution >= 4 is 11.8 Å². The number of hydrazine groups is 1. The van der Waals surface area contributed by atoms with E-state index in [9.17, 15) is 9.59 Å². The molecule has 2 N–H and O–H groups in total. The standard InChI is InChI=1S/C13H19N3O2/c1-2-8-16-9-4-3-5-11(16)13(18)15-14-12(17)10-6-7-10/h1,10-11H,3-9H2,(H,14,17)(H,15,18)/t11-/m0/s1. The van der Waals surface area contributed by atoms with Gasteiger partial charge in [-0.05, 0) is 32.2 Å². The first-order valence-corrected chi connectivity index (χ1v) is 6.49. The van der Waals surface area contributed by atoms with Crippen LogP contribution in [0.2, 0.25) is 0 Å². The Balaban J connectivity index is 1.81. The van der Waals surface area contributed by atoms with E-state index in [4.69, 9.17) is 6.42 Å². The van der Waals surface area contributed by atoms with E-state index in [1.807, 2.05) is 4.90 Å². The van der Waals surface area contributed by atoms with Gasteiger partial charge in [0.05, 0.1) is 12.6 Å². The average molecular weight is 249 g/mol. The molecule has 1 atom stereocenters. The van der Waals surface area contributed by atoms with Crippen LogP contribution >= 0.6 is 0 Å². The molecule has 0 aromatic carbocycles. The first-order valence-electron chi connectivity index (χ1n) is 6.49. The van der Waals surface area contributed by atoms with E-state index in [-0.39, 0.29) is 23.8 Å². The highest BCUT2D eigenvalue weighted by Gasteiger charge is 2.31. The van der Waals surface area contributed by atoms with Crippen LogP contribution in [0.25, 0.3) is 0 Å². The summed E-state index contributed by atoms with van der Waals surface area (Å²) >= 11 is 0. The molecule has 1 aliphatic carbocycles. The van der Waals surface area contributed by atoms with Gasteiger partial charge in [0.2, 0.25) is 5.91 Å². The zero-order valence-corrected chi connectivity index (χ0v) is 10.4. The molecule has 2 fully saturated rings. The third-order valence-electron chi connectivity index (χ3n) is 3.47. The Hall–Kier alpha value is -1.54. The molecule has 0 unspecified atom stereocenters. The summed E-state index contributed by atoms with van der Waals surface area (Å²) in [6.07, 6.45) is 10.0. The minimum Gasteiger partial charge on any atom is -0.281 e. The molecule has 0 aromatic rings. The maximum Gasteiger partial charge on any atom is 0.255 e. The van der Waals surface area contributed by atoms with Crippen molar-refractivity contribution in [2.24, 2.45) is 5.92 Å². The number of likely N-dealkylation sites (tertiary alicyclic amines) is 1. The monoisotopic (exact) mass is 249 g/mol. The lowest BCUT2D eigenvalue weighted by molar-refractivity contribution is -0.133. The van der Waals surface area contributed by atoms with Crippen molar-refractivity contribution in [3.8, 4) is 12.3 Å². The highest BCUT2D eigenvalue weighted by Crippen LogP contribution is 2.28. The fourth-order valence-electron chi connectivity index (χ4n) is 2.25. The predicted molar refractivity (Wildman–Crippen MR) is 67.1 cm³/mol. The Labute approximate surface area is 107 Å². The van der Waals surface area contributed by atoms with Crippen LogP contribution in [-0.2, 0) is 9.59 Å². The van der Waals surface area contributed by atoms with Gasteiger partial charge < -0.3 is 0 Å². The molecule has 0 bridgehead atoms. The zero-order valence-electron chi connectivity index (χ0n) is 10.4. The minimum atomic E-state index is -0.214. The van der Waals surface area contributed by atoms with Crippen LogP contribution in [0.4, 0.5) is 0 Å². The van der Waals surface area contributed by atoms with Crippen LogP contribution in [0.1, 0.15) is 32.1 Å². The summed E-state index contributed by atoms with van der Waals surface area (Å²) < 4.78 is 0. The van der Waals surface area contributed by atoms with Gasteiger partial charge in [-0.25, -0.2) is 0 Å². The third-order valence-corrected chi connectivity index (χ3v) is 3.47. The number of nitrogens with one attached hydrogen (secondary N) is 2. The van der Waals surface area contributed by atoms with Gasteiger partial charge in [0.15, 0.2) is 0 Å². The van der Waals surface area contributed by atoms with Crippen molar-refractivity contribution < 1.29 is 9.59 Å². The number of terminal acetylenes is 1. The summed E-state index contributed by atoms with van der Waals surface area (Å²) in [7, 11) is 0. The van der Waals surface area contributed by atoms with Crippen molar-refractivity contribution in [1.29, 1.82) is 0 Å². The highest BCUT2D eigenvalue weighted by molar-refractivity contribution is 5.87.